The van der Waals surface area contributed by atoms with E-state index in [0.29, 0.717) is 27.5 Å². The third-order valence-corrected chi connectivity index (χ3v) is 6.01. The van der Waals surface area contributed by atoms with Gasteiger partial charge in [-0.25, -0.2) is 9.98 Å². The van der Waals surface area contributed by atoms with Gasteiger partial charge >= 0.3 is 0 Å². The van der Waals surface area contributed by atoms with Gasteiger partial charge in [0.25, 0.3) is 0 Å². The van der Waals surface area contributed by atoms with Gasteiger partial charge in [-0.15, -0.1) is 37.2 Å². The number of nitrogens with zero attached hydrogens (tertiary/aromatic N) is 5. The van der Waals surface area contributed by atoms with E-state index in [9.17, 15) is 5.11 Å². The Labute approximate surface area is 219 Å². The second kappa shape index (κ2) is 11.3. The van der Waals surface area contributed by atoms with E-state index in [0.717, 1.165) is 43.0 Å². The highest BCUT2D eigenvalue weighted by atomic mass is 35.5. The fourth-order valence-corrected chi connectivity index (χ4v) is 3.96. The number of halogens is 5. The number of nitrogens with one attached hydrogen (secondary N) is 1. The van der Waals surface area contributed by atoms with Crippen molar-refractivity contribution in [2.45, 2.75) is 0 Å². The standard InChI is InChI=1S/C21H18Cl2N6O.3ClH/c22-16-4-3-14(11-17(16)23)28-6-8-29(9-7-28)21-26-18(20(30)27-21)10-13-12-25-19-15(13)2-1-5-24-19;;;/h1-5,10-12,30H,6-9H2,(H,26,27);3*1H. The second-order valence-corrected chi connectivity index (χ2v) is 7.92. The Morgan fingerprint density at radius 3 is 2.42 bits per heavy atom. The van der Waals surface area contributed by atoms with Gasteiger partial charge in [-0.2, -0.15) is 4.98 Å². The van der Waals surface area contributed by atoms with Crippen LogP contribution < -0.4 is 9.80 Å². The lowest BCUT2D eigenvalue weighted by Crippen LogP contribution is -2.47. The minimum Gasteiger partial charge on any atom is -0.492 e. The summed E-state index contributed by atoms with van der Waals surface area (Å²) >= 11 is 12.2. The monoisotopic (exact) mass is 548 g/mol. The summed E-state index contributed by atoms with van der Waals surface area (Å²) in [4.78, 5) is 20.5. The smallest absolute Gasteiger partial charge is 0.238 e. The van der Waals surface area contributed by atoms with Crippen molar-refractivity contribution in [2.75, 3.05) is 36.0 Å². The summed E-state index contributed by atoms with van der Waals surface area (Å²) in [6.45, 7) is 3.14. The van der Waals surface area contributed by atoms with Crippen LogP contribution in [0.4, 0.5) is 17.5 Å². The van der Waals surface area contributed by atoms with E-state index in [1.165, 1.54) is 0 Å². The number of pyridine rings is 1. The first-order valence-corrected chi connectivity index (χ1v) is 10.3. The minimum absolute atomic E-state index is 0. The fraction of sp³-hybridized carbons (Fsp3) is 0.190. The number of H-pyrrole nitrogens is 1. The number of fused-ring (bicyclic) bond motifs is 1. The summed E-state index contributed by atoms with van der Waals surface area (Å²) in [5.41, 5.74) is 3.41. The number of rotatable bonds is 3. The van der Waals surface area contributed by atoms with Crippen molar-refractivity contribution in [1.29, 1.82) is 0 Å². The van der Waals surface area contributed by atoms with Crippen LogP contribution in [-0.2, 0) is 0 Å². The largest absolute Gasteiger partial charge is 0.492 e. The summed E-state index contributed by atoms with van der Waals surface area (Å²) in [6, 6.07) is 9.50. The topological polar surface area (TPSA) is 80.6 Å². The van der Waals surface area contributed by atoms with Crippen molar-refractivity contribution < 1.29 is 5.11 Å². The molecule has 0 unspecified atom stereocenters. The van der Waals surface area contributed by atoms with E-state index in [1.54, 1.807) is 12.4 Å². The SMILES string of the molecule is Cl.Cl.Cl.Oc1nc(N2CCN(c3ccc(Cl)c(Cl)c3)CC2)[nH]c1C=C1C=Nc2ncccc21. The first-order chi connectivity index (χ1) is 14.6. The van der Waals surface area contributed by atoms with Crippen LogP contribution in [0.15, 0.2) is 41.5 Å². The van der Waals surface area contributed by atoms with Gasteiger partial charge in [0.15, 0.2) is 5.82 Å². The number of aromatic hydroxyl groups is 1. The zero-order valence-electron chi connectivity index (χ0n) is 17.1. The molecule has 0 atom stereocenters. The molecule has 5 rings (SSSR count). The lowest BCUT2D eigenvalue weighted by molar-refractivity contribution is 0.455. The number of allylic oxidation sites excluding steroid dienone is 1. The maximum absolute atomic E-state index is 10.3. The average Bonchev–Trinajstić information content (AvgIpc) is 3.34. The highest BCUT2D eigenvalue weighted by molar-refractivity contribution is 6.42. The summed E-state index contributed by atoms with van der Waals surface area (Å²) in [5, 5.41) is 11.5. The zero-order valence-corrected chi connectivity index (χ0v) is 21.1. The molecule has 2 aliphatic heterocycles. The molecule has 2 aliphatic rings. The average molecular weight is 551 g/mol. The molecule has 2 aromatic heterocycles. The highest BCUT2D eigenvalue weighted by Crippen LogP contribution is 2.32. The number of piperazine rings is 1. The molecule has 1 fully saturated rings. The quantitative estimate of drug-likeness (QED) is 0.440. The van der Waals surface area contributed by atoms with Crippen molar-refractivity contribution in [3.63, 3.8) is 0 Å². The summed E-state index contributed by atoms with van der Waals surface area (Å²) in [6.07, 6.45) is 5.30. The number of aromatic nitrogens is 3. The lowest BCUT2D eigenvalue weighted by atomic mass is 10.1. The molecule has 7 nitrogen and oxygen atoms in total. The summed E-state index contributed by atoms with van der Waals surface area (Å²) in [5.74, 6) is 1.30. The second-order valence-electron chi connectivity index (χ2n) is 7.10. The molecular weight excluding hydrogens is 530 g/mol. The van der Waals surface area contributed by atoms with Crippen LogP contribution in [-0.4, -0.2) is 52.5 Å². The molecule has 33 heavy (non-hydrogen) atoms. The number of anilines is 2. The van der Waals surface area contributed by atoms with Gasteiger partial charge in [0.05, 0.1) is 10.0 Å². The van der Waals surface area contributed by atoms with Crippen molar-refractivity contribution in [2.24, 2.45) is 4.99 Å². The molecule has 0 bridgehead atoms. The Kier molecular flexibility index (Phi) is 9.29. The lowest BCUT2D eigenvalue weighted by Gasteiger charge is -2.36. The Bertz CT molecular complexity index is 1170. The zero-order chi connectivity index (χ0) is 20.7. The number of imidazole rings is 1. The molecule has 3 aromatic rings. The fourth-order valence-electron chi connectivity index (χ4n) is 3.67. The minimum atomic E-state index is -0.0323. The maximum atomic E-state index is 10.3. The van der Waals surface area contributed by atoms with Gasteiger partial charge in [0, 0.05) is 55.4 Å². The number of benzene rings is 1. The molecule has 176 valence electrons. The normalized spacial score (nSPS) is 15.5. The third-order valence-electron chi connectivity index (χ3n) is 5.27. The molecule has 1 aromatic carbocycles. The number of hydrogen-bond acceptors (Lipinski definition) is 6. The molecule has 0 amide bonds. The van der Waals surface area contributed by atoms with E-state index in [2.05, 4.69) is 29.7 Å². The highest BCUT2D eigenvalue weighted by Gasteiger charge is 2.22. The van der Waals surface area contributed by atoms with Crippen LogP contribution >= 0.6 is 60.4 Å². The van der Waals surface area contributed by atoms with Crippen molar-refractivity contribution in [3.05, 3.63) is 57.8 Å². The van der Waals surface area contributed by atoms with Crippen LogP contribution in [0.5, 0.6) is 5.88 Å². The Hall–Kier alpha value is -2.16. The predicted octanol–water partition coefficient (Wildman–Crippen LogP) is 5.67. The van der Waals surface area contributed by atoms with Crippen LogP contribution in [0, 0.1) is 0 Å². The molecule has 4 heterocycles. The van der Waals surface area contributed by atoms with E-state index < -0.39 is 0 Å². The van der Waals surface area contributed by atoms with Gasteiger partial charge in [0.2, 0.25) is 11.8 Å². The first kappa shape index (κ1) is 27.1. The molecule has 0 spiro atoms. The molecule has 0 radical (unpaired) electrons. The van der Waals surface area contributed by atoms with Crippen LogP contribution in [0.3, 0.4) is 0 Å². The van der Waals surface area contributed by atoms with Crippen molar-refractivity contribution in [3.8, 4) is 5.88 Å². The van der Waals surface area contributed by atoms with Crippen LogP contribution in [0.1, 0.15) is 11.3 Å². The van der Waals surface area contributed by atoms with E-state index in [1.807, 2.05) is 36.4 Å². The first-order valence-electron chi connectivity index (χ1n) is 9.53. The molecule has 0 saturated carbocycles. The van der Waals surface area contributed by atoms with E-state index in [-0.39, 0.29) is 43.1 Å². The predicted molar refractivity (Wildman–Crippen MR) is 143 cm³/mol. The van der Waals surface area contributed by atoms with Crippen LogP contribution in [0.25, 0.3) is 11.6 Å². The van der Waals surface area contributed by atoms with Crippen molar-refractivity contribution >= 4 is 95.7 Å². The number of aliphatic imine (C=N–C) groups is 1. The Morgan fingerprint density at radius 2 is 1.70 bits per heavy atom. The molecule has 2 N–H and O–H groups in total. The molecule has 1 saturated heterocycles. The van der Waals surface area contributed by atoms with Gasteiger partial charge in [-0.1, -0.05) is 23.2 Å². The third kappa shape index (κ3) is 5.50. The van der Waals surface area contributed by atoms with Gasteiger partial charge in [-0.3, -0.25) is 0 Å². The molecular formula is C21H21Cl5N6O. The Morgan fingerprint density at radius 1 is 0.970 bits per heavy atom. The van der Waals surface area contributed by atoms with Gasteiger partial charge < -0.3 is 19.9 Å². The Balaban J connectivity index is 0.00000128. The van der Waals surface area contributed by atoms with Crippen LogP contribution in [0.2, 0.25) is 10.0 Å². The number of aromatic amines is 1. The van der Waals surface area contributed by atoms with E-state index in [4.69, 9.17) is 23.2 Å². The van der Waals surface area contributed by atoms with Crippen molar-refractivity contribution in [1.82, 2.24) is 15.0 Å². The summed E-state index contributed by atoms with van der Waals surface area (Å²) in [7, 11) is 0. The van der Waals surface area contributed by atoms with Gasteiger partial charge in [0.1, 0.15) is 5.69 Å². The van der Waals surface area contributed by atoms with E-state index >= 15 is 0 Å². The van der Waals surface area contributed by atoms with Gasteiger partial charge in [-0.05, 0) is 36.4 Å². The summed E-state index contributed by atoms with van der Waals surface area (Å²) < 4.78 is 0. The maximum Gasteiger partial charge on any atom is 0.238 e. The molecule has 12 heteroatoms. The molecule has 0 aliphatic carbocycles. The number of hydrogen-bond donors (Lipinski definition) is 2.